The van der Waals surface area contributed by atoms with Crippen LogP contribution in [0.5, 0.6) is 0 Å². The Labute approximate surface area is 79.2 Å². The molecule has 1 unspecified atom stereocenters. The highest BCUT2D eigenvalue weighted by Gasteiger charge is 2.29. The third-order valence-corrected chi connectivity index (χ3v) is 2.38. The van der Waals surface area contributed by atoms with Crippen molar-refractivity contribution in [2.24, 2.45) is 5.92 Å². The van der Waals surface area contributed by atoms with Crippen LogP contribution in [0.1, 0.15) is 13.8 Å². The van der Waals surface area contributed by atoms with Gasteiger partial charge in [0.2, 0.25) is 0 Å². The molecule has 0 bridgehead atoms. The number of rotatable bonds is 4. The van der Waals surface area contributed by atoms with Crippen molar-refractivity contribution < 1.29 is 9.53 Å². The number of nitrogens with one attached hydrogen (secondary N) is 1. The summed E-state index contributed by atoms with van der Waals surface area (Å²) in [6.07, 6.45) is 0. The molecule has 0 radical (unpaired) electrons. The lowest BCUT2D eigenvalue weighted by molar-refractivity contribution is 0.160. The Kier molecular flexibility index (Phi) is 3.54. The highest BCUT2D eigenvalue weighted by Crippen LogP contribution is 2.10. The van der Waals surface area contributed by atoms with Crippen molar-refractivity contribution in [2.75, 3.05) is 26.8 Å². The van der Waals surface area contributed by atoms with E-state index in [1.807, 2.05) is 0 Å². The van der Waals surface area contributed by atoms with Gasteiger partial charge in [-0.2, -0.15) is 0 Å². The molecule has 1 N–H and O–H groups in total. The van der Waals surface area contributed by atoms with Gasteiger partial charge in [0.05, 0.1) is 12.6 Å². The van der Waals surface area contributed by atoms with Gasteiger partial charge in [-0.3, -0.25) is 0 Å². The molecule has 1 saturated heterocycles. The van der Waals surface area contributed by atoms with E-state index >= 15 is 0 Å². The zero-order chi connectivity index (χ0) is 9.84. The Hall–Kier alpha value is -0.770. The van der Waals surface area contributed by atoms with Gasteiger partial charge in [0.1, 0.15) is 0 Å². The number of carbonyl (C=O) groups excluding carboxylic acids is 1. The molecule has 1 atom stereocenters. The number of hydrogen-bond donors (Lipinski definition) is 1. The average Bonchev–Trinajstić information content (AvgIpc) is 2.44. The van der Waals surface area contributed by atoms with Gasteiger partial charge in [-0.1, -0.05) is 13.8 Å². The molecular formula is C9H18N2O2. The molecule has 0 aromatic heterocycles. The molecule has 1 heterocycles. The summed E-state index contributed by atoms with van der Waals surface area (Å²) in [5, 5.41) is 2.94. The first-order valence-corrected chi connectivity index (χ1v) is 4.69. The molecule has 0 aromatic rings. The van der Waals surface area contributed by atoms with E-state index in [-0.39, 0.29) is 6.03 Å². The summed E-state index contributed by atoms with van der Waals surface area (Å²) in [6, 6.07) is 0.333. The third-order valence-electron chi connectivity index (χ3n) is 2.38. The Balaban J connectivity index is 2.37. The first-order valence-electron chi connectivity index (χ1n) is 4.69. The summed E-state index contributed by atoms with van der Waals surface area (Å²) < 4.78 is 4.93. The fraction of sp³-hybridized carbons (Fsp3) is 0.889. The fourth-order valence-corrected chi connectivity index (χ4v) is 1.39. The molecule has 2 amide bonds. The number of hydrogen-bond acceptors (Lipinski definition) is 2. The summed E-state index contributed by atoms with van der Waals surface area (Å²) in [4.78, 5) is 13.2. The van der Waals surface area contributed by atoms with Crippen LogP contribution < -0.4 is 5.32 Å². The number of carbonyl (C=O) groups is 1. The molecule has 0 saturated carbocycles. The Morgan fingerprint density at radius 1 is 1.69 bits per heavy atom. The number of nitrogens with zero attached hydrogens (tertiary/aromatic N) is 1. The topological polar surface area (TPSA) is 41.6 Å². The van der Waals surface area contributed by atoms with Crippen LogP contribution in [0, 0.1) is 5.92 Å². The predicted octanol–water partition coefficient (Wildman–Crippen LogP) is 0.683. The van der Waals surface area contributed by atoms with Gasteiger partial charge >= 0.3 is 6.03 Å². The number of urea groups is 1. The van der Waals surface area contributed by atoms with Crippen molar-refractivity contribution in [1.82, 2.24) is 10.2 Å². The largest absolute Gasteiger partial charge is 0.383 e. The Morgan fingerprint density at radius 3 is 2.85 bits per heavy atom. The lowest BCUT2D eigenvalue weighted by Crippen LogP contribution is -2.31. The SMILES string of the molecule is COCCN1CC(C(C)C)NC1=O. The van der Waals surface area contributed by atoms with Crippen molar-refractivity contribution in [3.63, 3.8) is 0 Å². The van der Waals surface area contributed by atoms with Gasteiger partial charge in [0, 0.05) is 20.2 Å². The van der Waals surface area contributed by atoms with E-state index in [1.54, 1.807) is 12.0 Å². The second-order valence-corrected chi connectivity index (χ2v) is 3.74. The zero-order valence-electron chi connectivity index (χ0n) is 8.54. The third kappa shape index (κ3) is 2.59. The van der Waals surface area contributed by atoms with Crippen LogP contribution in [0.15, 0.2) is 0 Å². The molecule has 0 spiro atoms. The summed E-state index contributed by atoms with van der Waals surface area (Å²) in [5.74, 6) is 0.497. The molecule has 0 aromatic carbocycles. The fourth-order valence-electron chi connectivity index (χ4n) is 1.39. The Morgan fingerprint density at radius 2 is 2.38 bits per heavy atom. The minimum Gasteiger partial charge on any atom is -0.383 e. The molecule has 0 aliphatic carbocycles. The lowest BCUT2D eigenvalue weighted by atomic mass is 10.1. The van der Waals surface area contributed by atoms with E-state index in [9.17, 15) is 4.79 Å². The number of methoxy groups -OCH3 is 1. The van der Waals surface area contributed by atoms with E-state index in [2.05, 4.69) is 19.2 Å². The van der Waals surface area contributed by atoms with Crippen LogP contribution >= 0.6 is 0 Å². The van der Waals surface area contributed by atoms with Gasteiger partial charge in [-0.25, -0.2) is 4.79 Å². The summed E-state index contributed by atoms with van der Waals surface area (Å²) >= 11 is 0. The molecule has 1 aliphatic heterocycles. The highest BCUT2D eigenvalue weighted by molar-refractivity contribution is 5.76. The zero-order valence-corrected chi connectivity index (χ0v) is 8.54. The summed E-state index contributed by atoms with van der Waals surface area (Å²) in [7, 11) is 1.65. The molecule has 76 valence electrons. The van der Waals surface area contributed by atoms with E-state index in [1.165, 1.54) is 0 Å². The number of ether oxygens (including phenoxy) is 1. The molecule has 13 heavy (non-hydrogen) atoms. The molecule has 4 nitrogen and oxygen atoms in total. The summed E-state index contributed by atoms with van der Waals surface area (Å²) in [6.45, 7) is 6.33. The van der Waals surface area contributed by atoms with Crippen molar-refractivity contribution in [2.45, 2.75) is 19.9 Å². The van der Waals surface area contributed by atoms with E-state index in [0.717, 1.165) is 6.54 Å². The predicted molar refractivity (Wildman–Crippen MR) is 50.6 cm³/mol. The van der Waals surface area contributed by atoms with Crippen molar-refractivity contribution in [3.8, 4) is 0 Å². The smallest absolute Gasteiger partial charge is 0.317 e. The monoisotopic (exact) mass is 186 g/mol. The normalized spacial score (nSPS) is 22.6. The van der Waals surface area contributed by atoms with Crippen LogP contribution in [0.25, 0.3) is 0 Å². The first kappa shape index (κ1) is 10.3. The van der Waals surface area contributed by atoms with Crippen molar-refractivity contribution >= 4 is 6.03 Å². The maximum atomic E-state index is 11.4. The maximum absolute atomic E-state index is 11.4. The van der Waals surface area contributed by atoms with Gasteiger partial charge < -0.3 is 15.0 Å². The maximum Gasteiger partial charge on any atom is 0.317 e. The van der Waals surface area contributed by atoms with Crippen LogP contribution in [0.3, 0.4) is 0 Å². The summed E-state index contributed by atoms with van der Waals surface area (Å²) in [5.41, 5.74) is 0. The van der Waals surface area contributed by atoms with E-state index in [4.69, 9.17) is 4.74 Å². The molecule has 4 heteroatoms. The molecular weight excluding hydrogens is 168 g/mol. The standard InChI is InChI=1S/C9H18N2O2/c1-7(2)8-6-11(4-5-13-3)9(12)10-8/h7-8H,4-6H2,1-3H3,(H,10,12). The molecule has 1 aliphatic rings. The van der Waals surface area contributed by atoms with Gasteiger partial charge in [0.15, 0.2) is 0 Å². The highest BCUT2D eigenvalue weighted by atomic mass is 16.5. The van der Waals surface area contributed by atoms with Crippen molar-refractivity contribution in [3.05, 3.63) is 0 Å². The van der Waals surface area contributed by atoms with Crippen LogP contribution in [0.4, 0.5) is 4.79 Å². The lowest BCUT2D eigenvalue weighted by Gasteiger charge is -2.15. The Bertz CT molecular complexity index is 182. The van der Waals surface area contributed by atoms with Crippen LogP contribution in [-0.4, -0.2) is 43.8 Å². The van der Waals surface area contributed by atoms with Crippen molar-refractivity contribution in [1.29, 1.82) is 0 Å². The first-order chi connectivity index (χ1) is 6.15. The second kappa shape index (κ2) is 4.46. The van der Waals surface area contributed by atoms with Gasteiger partial charge in [-0.15, -0.1) is 0 Å². The van der Waals surface area contributed by atoms with Crippen LogP contribution in [-0.2, 0) is 4.74 Å². The van der Waals surface area contributed by atoms with Crippen LogP contribution in [0.2, 0.25) is 0 Å². The average molecular weight is 186 g/mol. The van der Waals surface area contributed by atoms with Gasteiger partial charge in [0.25, 0.3) is 0 Å². The molecule has 1 fully saturated rings. The molecule has 1 rings (SSSR count). The second-order valence-electron chi connectivity index (χ2n) is 3.74. The minimum atomic E-state index is 0.0377. The minimum absolute atomic E-state index is 0.0377. The van der Waals surface area contributed by atoms with E-state index in [0.29, 0.717) is 25.1 Å². The quantitative estimate of drug-likeness (QED) is 0.701. The van der Waals surface area contributed by atoms with Gasteiger partial charge in [-0.05, 0) is 5.92 Å². The number of amides is 2. The van der Waals surface area contributed by atoms with E-state index < -0.39 is 0 Å².